The molecule has 0 radical (unpaired) electrons. The van der Waals surface area contributed by atoms with E-state index in [1.807, 2.05) is 7.05 Å². The molecule has 20 heavy (non-hydrogen) atoms. The van der Waals surface area contributed by atoms with Crippen LogP contribution in [-0.2, 0) is 23.0 Å². The highest BCUT2D eigenvalue weighted by molar-refractivity contribution is 7.89. The van der Waals surface area contributed by atoms with E-state index in [4.69, 9.17) is 11.6 Å². The second kappa shape index (κ2) is 6.08. The Hall–Kier alpha value is -0.520. The fourth-order valence-electron chi connectivity index (χ4n) is 2.82. The van der Waals surface area contributed by atoms with Crippen molar-refractivity contribution >= 4 is 21.6 Å². The van der Waals surface area contributed by atoms with Gasteiger partial charge < -0.3 is 4.57 Å². The maximum Gasteiger partial charge on any atom is 0.244 e. The minimum atomic E-state index is -3.41. The van der Waals surface area contributed by atoms with E-state index in [-0.39, 0.29) is 6.04 Å². The summed E-state index contributed by atoms with van der Waals surface area (Å²) < 4.78 is 28.7. The molecule has 0 aliphatic heterocycles. The summed E-state index contributed by atoms with van der Waals surface area (Å²) in [5.74, 6) is 1.03. The summed E-state index contributed by atoms with van der Waals surface area (Å²) >= 11 is 5.81. The molecule has 0 saturated heterocycles. The lowest BCUT2D eigenvalue weighted by Gasteiger charge is -2.32. The molecule has 0 amide bonds. The van der Waals surface area contributed by atoms with Crippen LogP contribution < -0.4 is 0 Å². The Morgan fingerprint density at radius 3 is 2.45 bits per heavy atom. The van der Waals surface area contributed by atoms with Crippen LogP contribution in [0.25, 0.3) is 0 Å². The van der Waals surface area contributed by atoms with Gasteiger partial charge in [-0.05, 0) is 37.7 Å². The maximum absolute atomic E-state index is 12.7. The summed E-state index contributed by atoms with van der Waals surface area (Å²) in [7, 11) is 0.102. The molecule has 1 heterocycles. The standard InChI is InChI=1S/C14H23ClN2O2S/c1-11-4-6-12(7-5-11)17(3)20(18,19)14-8-13(9-15)16(2)10-14/h8,10-12H,4-7,9H2,1-3H3. The van der Waals surface area contributed by atoms with Crippen LogP contribution in [0.2, 0.25) is 0 Å². The van der Waals surface area contributed by atoms with Crippen LogP contribution in [0, 0.1) is 5.92 Å². The van der Waals surface area contributed by atoms with Crippen molar-refractivity contribution < 1.29 is 8.42 Å². The van der Waals surface area contributed by atoms with Gasteiger partial charge in [0.15, 0.2) is 0 Å². The van der Waals surface area contributed by atoms with Gasteiger partial charge in [-0.25, -0.2) is 8.42 Å². The Morgan fingerprint density at radius 1 is 1.35 bits per heavy atom. The first-order valence-corrected chi connectivity index (χ1v) is 9.03. The summed E-state index contributed by atoms with van der Waals surface area (Å²) in [6.45, 7) is 2.23. The van der Waals surface area contributed by atoms with Gasteiger partial charge in [0.25, 0.3) is 0 Å². The summed E-state index contributed by atoms with van der Waals surface area (Å²) in [5, 5.41) is 0. The minimum Gasteiger partial charge on any atom is -0.352 e. The molecule has 0 bridgehead atoms. The first-order chi connectivity index (χ1) is 9.36. The molecule has 1 fully saturated rings. The number of rotatable bonds is 4. The third kappa shape index (κ3) is 3.05. The molecule has 0 N–H and O–H groups in total. The van der Waals surface area contributed by atoms with Crippen LogP contribution in [0.15, 0.2) is 17.2 Å². The van der Waals surface area contributed by atoms with E-state index < -0.39 is 10.0 Å². The number of sulfonamides is 1. The maximum atomic E-state index is 12.7. The van der Waals surface area contributed by atoms with E-state index in [1.165, 1.54) is 0 Å². The first-order valence-electron chi connectivity index (χ1n) is 7.05. The van der Waals surface area contributed by atoms with Crippen molar-refractivity contribution in [3.05, 3.63) is 18.0 Å². The molecule has 0 unspecified atom stereocenters. The van der Waals surface area contributed by atoms with Gasteiger partial charge >= 0.3 is 0 Å². The fourth-order valence-corrected chi connectivity index (χ4v) is 4.60. The summed E-state index contributed by atoms with van der Waals surface area (Å²) in [6, 6.07) is 1.79. The number of nitrogens with zero attached hydrogens (tertiary/aromatic N) is 2. The molecule has 1 aliphatic carbocycles. The molecule has 114 valence electrons. The molecule has 4 nitrogen and oxygen atoms in total. The monoisotopic (exact) mass is 318 g/mol. The number of hydrogen-bond donors (Lipinski definition) is 0. The highest BCUT2D eigenvalue weighted by atomic mass is 35.5. The minimum absolute atomic E-state index is 0.121. The second-order valence-electron chi connectivity index (χ2n) is 5.85. The van der Waals surface area contributed by atoms with Gasteiger partial charge in [0.05, 0.1) is 5.88 Å². The van der Waals surface area contributed by atoms with Crippen LogP contribution in [0.3, 0.4) is 0 Å². The SMILES string of the molecule is CC1CCC(N(C)S(=O)(=O)c2cc(CCl)n(C)c2)CC1. The van der Waals surface area contributed by atoms with Crippen LogP contribution in [0.4, 0.5) is 0 Å². The van der Waals surface area contributed by atoms with Gasteiger partial charge in [-0.15, -0.1) is 11.6 Å². The van der Waals surface area contributed by atoms with E-state index in [1.54, 1.807) is 28.2 Å². The molecule has 0 spiro atoms. The van der Waals surface area contributed by atoms with Gasteiger partial charge in [0.1, 0.15) is 4.90 Å². The average Bonchev–Trinajstić information content (AvgIpc) is 2.80. The van der Waals surface area contributed by atoms with Crippen molar-refractivity contribution in [2.75, 3.05) is 7.05 Å². The van der Waals surface area contributed by atoms with E-state index in [0.29, 0.717) is 16.7 Å². The molecular weight excluding hydrogens is 296 g/mol. The van der Waals surface area contributed by atoms with E-state index >= 15 is 0 Å². The van der Waals surface area contributed by atoms with Gasteiger partial charge in [-0.3, -0.25) is 0 Å². The zero-order chi connectivity index (χ0) is 14.9. The quantitative estimate of drug-likeness (QED) is 0.801. The number of aryl methyl sites for hydroxylation is 1. The van der Waals surface area contributed by atoms with E-state index in [2.05, 4.69) is 6.92 Å². The Labute approximate surface area is 126 Å². The summed E-state index contributed by atoms with van der Waals surface area (Å²) in [4.78, 5) is 0.344. The van der Waals surface area contributed by atoms with Crippen molar-refractivity contribution in [3.8, 4) is 0 Å². The molecule has 1 aromatic heterocycles. The number of alkyl halides is 1. The van der Waals surface area contributed by atoms with Gasteiger partial charge in [-0.1, -0.05) is 6.92 Å². The molecule has 6 heteroatoms. The first kappa shape index (κ1) is 15.9. The Bertz CT molecular complexity index is 560. The predicted molar refractivity (Wildman–Crippen MR) is 81.3 cm³/mol. The third-order valence-corrected chi connectivity index (χ3v) is 6.55. The summed E-state index contributed by atoms with van der Waals surface area (Å²) in [5.41, 5.74) is 0.816. The second-order valence-corrected chi connectivity index (χ2v) is 8.11. The molecule has 1 aliphatic rings. The normalized spacial score (nSPS) is 24.2. The summed E-state index contributed by atoms with van der Waals surface area (Å²) in [6.07, 6.45) is 5.76. The zero-order valence-corrected chi connectivity index (χ0v) is 13.9. The highest BCUT2D eigenvalue weighted by Gasteiger charge is 2.31. The zero-order valence-electron chi connectivity index (χ0n) is 12.3. The predicted octanol–water partition coefficient (Wildman–Crippen LogP) is 2.96. The molecule has 1 saturated carbocycles. The largest absolute Gasteiger partial charge is 0.352 e. The van der Waals surface area contributed by atoms with Crippen molar-refractivity contribution in [1.82, 2.24) is 8.87 Å². The topological polar surface area (TPSA) is 42.3 Å². The van der Waals surface area contributed by atoms with E-state index in [0.717, 1.165) is 31.4 Å². The number of aromatic nitrogens is 1. The molecule has 1 aromatic rings. The smallest absolute Gasteiger partial charge is 0.244 e. The van der Waals surface area contributed by atoms with Crippen LogP contribution in [0.5, 0.6) is 0 Å². The lowest BCUT2D eigenvalue weighted by molar-refractivity contribution is 0.246. The third-order valence-electron chi connectivity index (χ3n) is 4.40. The lowest BCUT2D eigenvalue weighted by atomic mass is 9.87. The number of halogens is 1. The average molecular weight is 319 g/mol. The highest BCUT2D eigenvalue weighted by Crippen LogP contribution is 2.30. The Balaban J connectivity index is 2.20. The lowest BCUT2D eigenvalue weighted by Crippen LogP contribution is -2.39. The van der Waals surface area contributed by atoms with Crippen LogP contribution in [-0.4, -0.2) is 30.4 Å². The number of hydrogen-bond acceptors (Lipinski definition) is 2. The Morgan fingerprint density at radius 2 is 1.95 bits per heavy atom. The van der Waals surface area contributed by atoms with Crippen LogP contribution >= 0.6 is 11.6 Å². The van der Waals surface area contributed by atoms with Crippen LogP contribution in [0.1, 0.15) is 38.3 Å². The van der Waals surface area contributed by atoms with Gasteiger partial charge in [-0.2, -0.15) is 4.31 Å². The van der Waals surface area contributed by atoms with Crippen molar-refractivity contribution in [2.45, 2.75) is 49.4 Å². The molecule has 0 atom stereocenters. The van der Waals surface area contributed by atoms with Crippen molar-refractivity contribution in [2.24, 2.45) is 13.0 Å². The van der Waals surface area contributed by atoms with Gasteiger partial charge in [0.2, 0.25) is 10.0 Å². The van der Waals surface area contributed by atoms with Crippen molar-refractivity contribution in [1.29, 1.82) is 0 Å². The fraction of sp³-hybridized carbons (Fsp3) is 0.714. The van der Waals surface area contributed by atoms with E-state index in [9.17, 15) is 8.42 Å². The molecule has 0 aromatic carbocycles. The molecular formula is C14H23ClN2O2S. The Kier molecular flexibility index (Phi) is 4.82. The molecule has 2 rings (SSSR count). The van der Waals surface area contributed by atoms with Gasteiger partial charge in [0, 0.05) is 32.0 Å². The van der Waals surface area contributed by atoms with Crippen molar-refractivity contribution in [3.63, 3.8) is 0 Å².